The number of hydrogen-bond acceptors (Lipinski definition) is 3. The Morgan fingerprint density at radius 1 is 1.44 bits per heavy atom. The van der Waals surface area contributed by atoms with Crippen molar-refractivity contribution in [3.63, 3.8) is 0 Å². The van der Waals surface area contributed by atoms with E-state index < -0.39 is 0 Å². The molecule has 1 N–H and O–H groups in total. The summed E-state index contributed by atoms with van der Waals surface area (Å²) in [4.78, 5) is 13.8. The molecule has 4 nitrogen and oxygen atoms in total. The second-order valence-electron chi connectivity index (χ2n) is 5.81. The maximum Gasteiger partial charge on any atom is 0.410 e. The smallest absolute Gasteiger partial charge is 0.410 e. The molecule has 0 saturated carbocycles. The minimum Gasteiger partial charge on any atom is -0.444 e. The Kier molecular flexibility index (Phi) is 3.10. The van der Waals surface area contributed by atoms with Gasteiger partial charge in [-0.05, 0) is 40.2 Å². The summed E-state index contributed by atoms with van der Waals surface area (Å²) in [7, 11) is 0. The molecule has 16 heavy (non-hydrogen) atoms. The van der Waals surface area contributed by atoms with Gasteiger partial charge in [0.15, 0.2) is 0 Å². The maximum atomic E-state index is 11.9. The number of amides is 1. The number of fused-ring (bicyclic) bond motifs is 1. The Balaban J connectivity index is 1.90. The number of likely N-dealkylation sites (tertiary alicyclic amines) is 1. The molecule has 2 rings (SSSR count). The first-order valence-electron chi connectivity index (χ1n) is 6.18. The Bertz CT molecular complexity index is 273. The van der Waals surface area contributed by atoms with Crippen LogP contribution in [0.5, 0.6) is 0 Å². The molecule has 2 saturated heterocycles. The van der Waals surface area contributed by atoms with E-state index in [1.807, 2.05) is 25.7 Å². The van der Waals surface area contributed by atoms with Crippen molar-refractivity contribution in [2.24, 2.45) is 5.92 Å². The van der Waals surface area contributed by atoms with Gasteiger partial charge < -0.3 is 15.0 Å². The van der Waals surface area contributed by atoms with Crippen molar-refractivity contribution in [3.05, 3.63) is 0 Å². The van der Waals surface area contributed by atoms with Crippen LogP contribution in [0.1, 0.15) is 33.6 Å². The minimum absolute atomic E-state index is 0.143. The van der Waals surface area contributed by atoms with E-state index in [2.05, 4.69) is 5.32 Å². The fourth-order valence-electron chi connectivity index (χ4n) is 2.47. The third kappa shape index (κ3) is 2.48. The van der Waals surface area contributed by atoms with Gasteiger partial charge in [-0.3, -0.25) is 0 Å². The molecule has 0 radical (unpaired) electrons. The number of carbonyl (C=O) groups is 1. The summed E-state index contributed by atoms with van der Waals surface area (Å²) in [5, 5.41) is 3.41. The van der Waals surface area contributed by atoms with Crippen LogP contribution in [-0.4, -0.2) is 42.3 Å². The summed E-state index contributed by atoms with van der Waals surface area (Å²) in [5.74, 6) is 0.634. The molecule has 2 aliphatic rings. The van der Waals surface area contributed by atoms with Gasteiger partial charge in [-0.1, -0.05) is 0 Å². The van der Waals surface area contributed by atoms with Crippen molar-refractivity contribution >= 4 is 6.09 Å². The van der Waals surface area contributed by atoms with Gasteiger partial charge in [0, 0.05) is 25.0 Å². The van der Waals surface area contributed by atoms with Crippen LogP contribution in [-0.2, 0) is 4.74 Å². The van der Waals surface area contributed by atoms with E-state index in [1.165, 1.54) is 0 Å². The van der Waals surface area contributed by atoms with Gasteiger partial charge in [0.1, 0.15) is 5.60 Å². The summed E-state index contributed by atoms with van der Waals surface area (Å²) >= 11 is 0. The first kappa shape index (κ1) is 11.7. The molecule has 2 fully saturated rings. The Labute approximate surface area is 97.3 Å². The summed E-state index contributed by atoms with van der Waals surface area (Å²) < 4.78 is 5.40. The molecule has 0 aromatic rings. The molecular weight excluding hydrogens is 204 g/mol. The number of ether oxygens (including phenoxy) is 1. The highest BCUT2D eigenvalue weighted by Gasteiger charge is 2.43. The molecule has 2 atom stereocenters. The molecule has 92 valence electrons. The zero-order chi connectivity index (χ0) is 11.8. The summed E-state index contributed by atoms with van der Waals surface area (Å²) in [5.41, 5.74) is -0.384. The predicted molar refractivity (Wildman–Crippen MR) is 62.3 cm³/mol. The van der Waals surface area contributed by atoms with Crippen LogP contribution >= 0.6 is 0 Å². The monoisotopic (exact) mass is 226 g/mol. The highest BCUT2D eigenvalue weighted by Crippen LogP contribution is 2.31. The molecule has 2 unspecified atom stereocenters. The average Bonchev–Trinajstić information content (AvgIpc) is 2.25. The Morgan fingerprint density at radius 2 is 2.19 bits per heavy atom. The first-order valence-corrected chi connectivity index (χ1v) is 6.18. The quantitative estimate of drug-likeness (QED) is 0.682. The third-order valence-electron chi connectivity index (χ3n) is 3.26. The van der Waals surface area contributed by atoms with E-state index in [9.17, 15) is 4.79 Å². The van der Waals surface area contributed by atoms with Crippen LogP contribution < -0.4 is 5.32 Å². The fourth-order valence-corrected chi connectivity index (χ4v) is 2.47. The van der Waals surface area contributed by atoms with E-state index in [1.54, 1.807) is 0 Å². The molecule has 0 aromatic carbocycles. The van der Waals surface area contributed by atoms with Crippen LogP contribution in [0.2, 0.25) is 0 Å². The average molecular weight is 226 g/mol. The van der Waals surface area contributed by atoms with E-state index in [-0.39, 0.29) is 11.7 Å². The van der Waals surface area contributed by atoms with Crippen molar-refractivity contribution in [1.29, 1.82) is 0 Å². The molecule has 0 spiro atoms. The van der Waals surface area contributed by atoms with Crippen molar-refractivity contribution < 1.29 is 9.53 Å². The van der Waals surface area contributed by atoms with Gasteiger partial charge in [-0.15, -0.1) is 0 Å². The highest BCUT2D eigenvalue weighted by atomic mass is 16.6. The number of nitrogens with zero attached hydrogens (tertiary/aromatic N) is 1. The van der Waals surface area contributed by atoms with Crippen molar-refractivity contribution in [2.45, 2.75) is 45.3 Å². The lowest BCUT2D eigenvalue weighted by Gasteiger charge is -2.47. The van der Waals surface area contributed by atoms with E-state index >= 15 is 0 Å². The first-order chi connectivity index (χ1) is 7.47. The largest absolute Gasteiger partial charge is 0.444 e. The molecule has 0 aromatic heterocycles. The standard InChI is InChI=1S/C12H22N2O2/c1-12(2,3)16-11(15)14-8-9-7-13-6-4-5-10(9)14/h9-10,13H,4-8H2,1-3H3. The van der Waals surface area contributed by atoms with E-state index in [4.69, 9.17) is 4.74 Å². The van der Waals surface area contributed by atoms with Crippen LogP contribution in [0.15, 0.2) is 0 Å². The van der Waals surface area contributed by atoms with Gasteiger partial charge in [-0.25, -0.2) is 4.79 Å². The number of rotatable bonds is 0. The molecule has 0 bridgehead atoms. The van der Waals surface area contributed by atoms with Gasteiger partial charge in [0.2, 0.25) is 0 Å². The normalized spacial score (nSPS) is 30.1. The number of nitrogens with one attached hydrogen (secondary N) is 1. The second kappa shape index (κ2) is 4.24. The lowest BCUT2D eigenvalue weighted by Crippen LogP contribution is -2.60. The zero-order valence-corrected chi connectivity index (χ0v) is 10.5. The SMILES string of the molecule is CC(C)(C)OC(=O)N1CC2CNCCCC21. The zero-order valence-electron chi connectivity index (χ0n) is 10.5. The molecule has 1 amide bonds. The molecule has 4 heteroatoms. The molecule has 2 aliphatic heterocycles. The predicted octanol–water partition coefficient (Wildman–Crippen LogP) is 1.61. The van der Waals surface area contributed by atoms with Crippen molar-refractivity contribution in [2.75, 3.05) is 19.6 Å². The van der Waals surface area contributed by atoms with Crippen molar-refractivity contribution in [1.82, 2.24) is 10.2 Å². The van der Waals surface area contributed by atoms with Gasteiger partial charge in [-0.2, -0.15) is 0 Å². The number of hydrogen-bond donors (Lipinski definition) is 1. The highest BCUT2D eigenvalue weighted by molar-refractivity contribution is 5.69. The Hall–Kier alpha value is -0.770. The summed E-state index contributed by atoms with van der Waals surface area (Å²) in [6, 6.07) is 0.407. The van der Waals surface area contributed by atoms with Gasteiger partial charge in [0.25, 0.3) is 0 Å². The molecule has 2 heterocycles. The Morgan fingerprint density at radius 3 is 2.88 bits per heavy atom. The van der Waals surface area contributed by atoms with Crippen molar-refractivity contribution in [3.8, 4) is 0 Å². The number of carbonyl (C=O) groups excluding carboxylic acids is 1. The van der Waals surface area contributed by atoms with Gasteiger partial charge in [0.05, 0.1) is 0 Å². The molecular formula is C12H22N2O2. The minimum atomic E-state index is -0.384. The van der Waals surface area contributed by atoms with Gasteiger partial charge >= 0.3 is 6.09 Å². The van der Waals surface area contributed by atoms with Crippen LogP contribution in [0.25, 0.3) is 0 Å². The molecule has 0 aliphatic carbocycles. The van der Waals surface area contributed by atoms with Crippen LogP contribution in [0, 0.1) is 5.92 Å². The van der Waals surface area contributed by atoms with E-state index in [0.717, 1.165) is 32.5 Å². The summed E-state index contributed by atoms with van der Waals surface area (Å²) in [6.07, 6.45) is 2.12. The third-order valence-corrected chi connectivity index (χ3v) is 3.26. The fraction of sp³-hybridized carbons (Fsp3) is 0.917. The van der Waals surface area contributed by atoms with E-state index in [0.29, 0.717) is 12.0 Å². The second-order valence-corrected chi connectivity index (χ2v) is 5.81. The lowest BCUT2D eigenvalue weighted by atomic mass is 9.87. The topological polar surface area (TPSA) is 41.6 Å². The van der Waals surface area contributed by atoms with Crippen LogP contribution in [0.4, 0.5) is 4.79 Å². The lowest BCUT2D eigenvalue weighted by molar-refractivity contribution is -0.0290. The summed E-state index contributed by atoms with van der Waals surface area (Å²) in [6.45, 7) is 8.72. The van der Waals surface area contributed by atoms with Crippen LogP contribution in [0.3, 0.4) is 0 Å². The maximum absolute atomic E-state index is 11.9.